The lowest BCUT2D eigenvalue weighted by atomic mass is 10.1. The molecule has 1 heterocycles. The van der Waals surface area contributed by atoms with Crippen LogP contribution in [0.2, 0.25) is 0 Å². The predicted molar refractivity (Wildman–Crippen MR) is 71.2 cm³/mol. The summed E-state index contributed by atoms with van der Waals surface area (Å²) >= 11 is 3.11. The molecule has 0 radical (unpaired) electrons. The van der Waals surface area contributed by atoms with Gasteiger partial charge in [-0.15, -0.1) is 0 Å². The average molecular weight is 322 g/mol. The van der Waals surface area contributed by atoms with Crippen LogP contribution in [0, 0.1) is 24.1 Å². The second kappa shape index (κ2) is 5.33. The van der Waals surface area contributed by atoms with Gasteiger partial charge in [-0.25, -0.2) is 9.37 Å². The van der Waals surface area contributed by atoms with Crippen molar-refractivity contribution in [3.63, 3.8) is 0 Å². The molecule has 0 bridgehead atoms. The molecule has 0 saturated heterocycles. The molecule has 4 nitrogen and oxygen atoms in total. The van der Waals surface area contributed by atoms with Gasteiger partial charge in [0.25, 0.3) is 5.56 Å². The number of nitriles is 1. The molecular formula is C13H9BrFN3O. The molecule has 0 saturated carbocycles. The first-order valence-corrected chi connectivity index (χ1v) is 6.22. The van der Waals surface area contributed by atoms with E-state index in [1.807, 2.05) is 6.07 Å². The van der Waals surface area contributed by atoms with E-state index in [1.165, 1.54) is 16.8 Å². The van der Waals surface area contributed by atoms with Crippen molar-refractivity contribution >= 4 is 15.9 Å². The molecule has 1 aromatic carbocycles. The minimum absolute atomic E-state index is 0.170. The maximum absolute atomic E-state index is 13.3. The summed E-state index contributed by atoms with van der Waals surface area (Å²) in [5.74, 6) is 0.0266. The Hall–Kier alpha value is -2.00. The zero-order valence-corrected chi connectivity index (χ0v) is 11.6. The van der Waals surface area contributed by atoms with E-state index >= 15 is 0 Å². The second-order valence-corrected chi connectivity index (χ2v) is 4.86. The molecule has 1 aromatic heterocycles. The number of benzene rings is 1. The Kier molecular flexibility index (Phi) is 3.76. The molecule has 2 rings (SSSR count). The molecule has 96 valence electrons. The summed E-state index contributed by atoms with van der Waals surface area (Å²) in [5, 5.41) is 8.80. The molecule has 0 unspecified atom stereocenters. The Balaban J connectivity index is 2.48. The summed E-state index contributed by atoms with van der Waals surface area (Å²) in [6.45, 7) is 1.86. The van der Waals surface area contributed by atoms with Gasteiger partial charge in [0.05, 0.1) is 18.2 Å². The van der Waals surface area contributed by atoms with Gasteiger partial charge in [0.15, 0.2) is 0 Å². The third-order valence-corrected chi connectivity index (χ3v) is 3.18. The van der Waals surface area contributed by atoms with Gasteiger partial charge in [0, 0.05) is 6.20 Å². The fourth-order valence-corrected chi connectivity index (χ4v) is 2.04. The largest absolute Gasteiger partial charge is 0.291 e. The van der Waals surface area contributed by atoms with Crippen LogP contribution in [0.5, 0.6) is 0 Å². The first-order chi connectivity index (χ1) is 9.01. The van der Waals surface area contributed by atoms with Gasteiger partial charge in [-0.3, -0.25) is 9.36 Å². The smallest absolute Gasteiger partial charge is 0.268 e. The zero-order chi connectivity index (χ0) is 14.0. The van der Waals surface area contributed by atoms with Crippen LogP contribution in [0.25, 0.3) is 0 Å². The topological polar surface area (TPSA) is 58.7 Å². The van der Waals surface area contributed by atoms with E-state index in [0.717, 1.165) is 6.07 Å². The number of aromatic nitrogens is 2. The first kappa shape index (κ1) is 13.4. The SMILES string of the molecule is Cc1ncc(Br)c(=O)n1Cc1cc(F)cc(C#N)c1. The highest BCUT2D eigenvalue weighted by Gasteiger charge is 2.08. The molecule has 0 aliphatic rings. The normalized spacial score (nSPS) is 10.2. The van der Waals surface area contributed by atoms with Crippen molar-refractivity contribution in [3.05, 3.63) is 62.0 Å². The molecule has 0 amide bonds. The van der Waals surface area contributed by atoms with Crippen molar-refractivity contribution in [2.24, 2.45) is 0 Å². The third kappa shape index (κ3) is 2.88. The molecular weight excluding hydrogens is 313 g/mol. The minimum Gasteiger partial charge on any atom is -0.291 e. The number of halogens is 2. The highest BCUT2D eigenvalue weighted by Crippen LogP contribution is 2.11. The number of hydrogen-bond donors (Lipinski definition) is 0. The summed E-state index contributed by atoms with van der Waals surface area (Å²) in [5.41, 5.74) is 0.528. The van der Waals surface area contributed by atoms with E-state index < -0.39 is 5.82 Å². The van der Waals surface area contributed by atoms with Crippen LogP contribution in [0.4, 0.5) is 4.39 Å². The van der Waals surface area contributed by atoms with Gasteiger partial charge in [-0.1, -0.05) is 0 Å². The standard InChI is InChI=1S/C13H9BrFN3O/c1-8-17-6-12(14)13(19)18(8)7-10-2-9(5-16)3-11(15)4-10/h2-4,6H,7H2,1H3. The van der Waals surface area contributed by atoms with Crippen molar-refractivity contribution in [2.75, 3.05) is 0 Å². The molecule has 0 atom stereocenters. The minimum atomic E-state index is -0.497. The molecule has 0 N–H and O–H groups in total. The number of nitrogens with zero attached hydrogens (tertiary/aromatic N) is 3. The Bertz CT molecular complexity index is 734. The summed E-state index contributed by atoms with van der Waals surface area (Å²) in [4.78, 5) is 16.0. The highest BCUT2D eigenvalue weighted by molar-refractivity contribution is 9.10. The summed E-state index contributed by atoms with van der Waals surface area (Å²) in [6, 6.07) is 5.88. The van der Waals surface area contributed by atoms with Gasteiger partial charge in [0.2, 0.25) is 0 Å². The van der Waals surface area contributed by atoms with Crippen LogP contribution >= 0.6 is 15.9 Å². The molecule has 0 aliphatic carbocycles. The van der Waals surface area contributed by atoms with Crippen LogP contribution in [0.1, 0.15) is 17.0 Å². The Morgan fingerprint density at radius 3 is 2.89 bits per heavy atom. The lowest BCUT2D eigenvalue weighted by molar-refractivity contribution is 0.619. The Morgan fingerprint density at radius 2 is 2.21 bits per heavy atom. The number of aryl methyl sites for hydroxylation is 1. The van der Waals surface area contributed by atoms with Crippen molar-refractivity contribution < 1.29 is 4.39 Å². The first-order valence-electron chi connectivity index (χ1n) is 5.43. The van der Waals surface area contributed by atoms with Gasteiger partial charge >= 0.3 is 0 Å². The van der Waals surface area contributed by atoms with Gasteiger partial charge in [-0.2, -0.15) is 5.26 Å². The van der Waals surface area contributed by atoms with Crippen molar-refractivity contribution in [3.8, 4) is 6.07 Å². The van der Waals surface area contributed by atoms with Crippen LogP contribution in [-0.4, -0.2) is 9.55 Å². The number of hydrogen-bond acceptors (Lipinski definition) is 3. The fraction of sp³-hybridized carbons (Fsp3) is 0.154. The predicted octanol–water partition coefficient (Wildman–Crippen LogP) is 2.37. The second-order valence-electron chi connectivity index (χ2n) is 4.00. The zero-order valence-electron chi connectivity index (χ0n) is 10.0. The van der Waals surface area contributed by atoms with Crippen molar-refractivity contribution in [1.29, 1.82) is 5.26 Å². The van der Waals surface area contributed by atoms with E-state index in [9.17, 15) is 9.18 Å². The van der Waals surface area contributed by atoms with E-state index in [2.05, 4.69) is 20.9 Å². The van der Waals surface area contributed by atoms with Crippen molar-refractivity contribution in [2.45, 2.75) is 13.5 Å². The molecule has 0 fully saturated rings. The lowest BCUT2D eigenvalue weighted by Gasteiger charge is -2.09. The van der Waals surface area contributed by atoms with E-state index in [1.54, 1.807) is 13.0 Å². The Labute approximate surface area is 117 Å². The van der Waals surface area contributed by atoms with Gasteiger partial charge in [-0.05, 0) is 46.6 Å². The van der Waals surface area contributed by atoms with Crippen LogP contribution in [-0.2, 0) is 6.54 Å². The van der Waals surface area contributed by atoms with Crippen LogP contribution < -0.4 is 5.56 Å². The molecule has 2 aromatic rings. The van der Waals surface area contributed by atoms with Gasteiger partial charge in [0.1, 0.15) is 16.1 Å². The highest BCUT2D eigenvalue weighted by atomic mass is 79.9. The third-order valence-electron chi connectivity index (χ3n) is 2.63. The Morgan fingerprint density at radius 1 is 1.47 bits per heavy atom. The monoisotopic (exact) mass is 321 g/mol. The summed E-state index contributed by atoms with van der Waals surface area (Å²) in [6.07, 6.45) is 1.43. The molecule has 0 aliphatic heterocycles. The van der Waals surface area contributed by atoms with E-state index in [-0.39, 0.29) is 17.7 Å². The fourth-order valence-electron chi connectivity index (χ4n) is 1.73. The molecule has 0 spiro atoms. The quantitative estimate of drug-likeness (QED) is 0.853. The number of rotatable bonds is 2. The van der Waals surface area contributed by atoms with Gasteiger partial charge < -0.3 is 0 Å². The van der Waals surface area contributed by atoms with E-state index in [0.29, 0.717) is 15.9 Å². The van der Waals surface area contributed by atoms with Crippen LogP contribution in [0.15, 0.2) is 33.7 Å². The maximum atomic E-state index is 13.3. The van der Waals surface area contributed by atoms with E-state index in [4.69, 9.17) is 5.26 Å². The molecule has 19 heavy (non-hydrogen) atoms. The average Bonchev–Trinajstić information content (AvgIpc) is 2.38. The summed E-state index contributed by atoms with van der Waals surface area (Å²) in [7, 11) is 0. The van der Waals surface area contributed by atoms with Crippen LogP contribution in [0.3, 0.4) is 0 Å². The lowest BCUT2D eigenvalue weighted by Crippen LogP contribution is -2.24. The maximum Gasteiger partial charge on any atom is 0.268 e. The summed E-state index contributed by atoms with van der Waals surface area (Å²) < 4.78 is 15.1. The molecule has 6 heteroatoms. The van der Waals surface area contributed by atoms with Crippen molar-refractivity contribution in [1.82, 2.24) is 9.55 Å².